The molecule has 0 unspecified atom stereocenters. The number of rotatable bonds is 4. The van der Waals surface area contributed by atoms with Crippen LogP contribution in [0.1, 0.15) is 16.7 Å². The van der Waals surface area contributed by atoms with Crippen LogP contribution in [0.3, 0.4) is 0 Å². The van der Waals surface area contributed by atoms with Gasteiger partial charge >= 0.3 is 0 Å². The standard InChI is InChI=1S/C15H13BrF2O/c1-10-2-5-15(11(6-10)8-16)19-9-12-7-13(17)3-4-14(12)18/h2-7H,8-9H2,1H3. The Morgan fingerprint density at radius 3 is 2.58 bits per heavy atom. The number of alkyl halides is 1. The van der Waals surface area contributed by atoms with Crippen molar-refractivity contribution < 1.29 is 13.5 Å². The van der Waals surface area contributed by atoms with Gasteiger partial charge in [0.15, 0.2) is 0 Å². The molecule has 19 heavy (non-hydrogen) atoms. The van der Waals surface area contributed by atoms with Crippen molar-refractivity contribution in [3.8, 4) is 5.75 Å². The van der Waals surface area contributed by atoms with Gasteiger partial charge in [-0.05, 0) is 31.2 Å². The summed E-state index contributed by atoms with van der Waals surface area (Å²) >= 11 is 3.38. The fourth-order valence-corrected chi connectivity index (χ4v) is 2.20. The molecule has 0 N–H and O–H groups in total. The number of benzene rings is 2. The smallest absolute Gasteiger partial charge is 0.130 e. The molecule has 2 aromatic carbocycles. The maximum atomic E-state index is 13.5. The molecule has 0 aliphatic heterocycles. The van der Waals surface area contributed by atoms with E-state index < -0.39 is 11.6 Å². The average molecular weight is 327 g/mol. The second-order valence-corrected chi connectivity index (χ2v) is 4.83. The zero-order chi connectivity index (χ0) is 13.8. The van der Waals surface area contributed by atoms with Crippen LogP contribution < -0.4 is 4.74 Å². The van der Waals surface area contributed by atoms with Crippen LogP contribution in [-0.2, 0) is 11.9 Å². The van der Waals surface area contributed by atoms with E-state index in [0.717, 1.165) is 29.3 Å². The second-order valence-electron chi connectivity index (χ2n) is 4.27. The van der Waals surface area contributed by atoms with Crippen molar-refractivity contribution in [2.75, 3.05) is 0 Å². The summed E-state index contributed by atoms with van der Waals surface area (Å²) < 4.78 is 32.1. The molecule has 0 aliphatic rings. The summed E-state index contributed by atoms with van der Waals surface area (Å²) in [5, 5.41) is 0.648. The van der Waals surface area contributed by atoms with E-state index in [2.05, 4.69) is 15.9 Å². The highest BCUT2D eigenvalue weighted by Gasteiger charge is 2.07. The molecule has 0 amide bonds. The fraction of sp³-hybridized carbons (Fsp3) is 0.200. The maximum absolute atomic E-state index is 13.5. The van der Waals surface area contributed by atoms with Gasteiger partial charge in [0.2, 0.25) is 0 Å². The average Bonchev–Trinajstić information content (AvgIpc) is 2.40. The van der Waals surface area contributed by atoms with E-state index in [9.17, 15) is 8.78 Å². The van der Waals surface area contributed by atoms with E-state index >= 15 is 0 Å². The van der Waals surface area contributed by atoms with E-state index in [-0.39, 0.29) is 12.2 Å². The molecule has 0 aromatic heterocycles. The minimum atomic E-state index is -0.468. The van der Waals surface area contributed by atoms with Crippen molar-refractivity contribution in [1.29, 1.82) is 0 Å². The van der Waals surface area contributed by atoms with Crippen LogP contribution in [0.2, 0.25) is 0 Å². The van der Waals surface area contributed by atoms with Crippen molar-refractivity contribution in [2.45, 2.75) is 18.9 Å². The normalized spacial score (nSPS) is 10.5. The molecular formula is C15H13BrF2O. The minimum absolute atomic E-state index is 0.00660. The first-order valence-electron chi connectivity index (χ1n) is 5.82. The molecule has 2 aromatic rings. The predicted molar refractivity (Wildman–Crippen MR) is 74.5 cm³/mol. The summed E-state index contributed by atoms with van der Waals surface area (Å²) in [6.45, 7) is 1.99. The lowest BCUT2D eigenvalue weighted by atomic mass is 10.1. The summed E-state index contributed by atoms with van der Waals surface area (Å²) in [5.74, 6) is -0.260. The van der Waals surface area contributed by atoms with Gasteiger partial charge in [-0.15, -0.1) is 0 Å². The Kier molecular flexibility index (Phi) is 4.53. The Labute approximate surface area is 119 Å². The molecule has 2 rings (SSSR count). The number of ether oxygens (including phenoxy) is 1. The lowest BCUT2D eigenvalue weighted by molar-refractivity contribution is 0.297. The Balaban J connectivity index is 2.16. The Morgan fingerprint density at radius 1 is 1.05 bits per heavy atom. The zero-order valence-electron chi connectivity index (χ0n) is 10.4. The third-order valence-corrected chi connectivity index (χ3v) is 3.36. The van der Waals surface area contributed by atoms with Crippen molar-refractivity contribution in [1.82, 2.24) is 0 Å². The van der Waals surface area contributed by atoms with E-state index in [1.165, 1.54) is 0 Å². The lowest BCUT2D eigenvalue weighted by Gasteiger charge is -2.11. The number of hydrogen-bond acceptors (Lipinski definition) is 1. The van der Waals surface area contributed by atoms with Crippen molar-refractivity contribution in [3.05, 3.63) is 64.7 Å². The van der Waals surface area contributed by atoms with E-state index in [4.69, 9.17) is 4.74 Å². The van der Waals surface area contributed by atoms with E-state index in [0.29, 0.717) is 11.1 Å². The van der Waals surface area contributed by atoms with Gasteiger partial charge in [0.1, 0.15) is 24.0 Å². The molecule has 0 fully saturated rings. The SMILES string of the molecule is Cc1ccc(OCc2cc(F)ccc2F)c(CBr)c1. The van der Waals surface area contributed by atoms with Gasteiger partial charge in [-0.1, -0.05) is 33.6 Å². The van der Waals surface area contributed by atoms with Crippen molar-refractivity contribution in [3.63, 3.8) is 0 Å². The quantitative estimate of drug-likeness (QED) is 0.737. The number of halogens is 3. The van der Waals surface area contributed by atoms with Gasteiger partial charge in [-0.2, -0.15) is 0 Å². The van der Waals surface area contributed by atoms with Crippen LogP contribution in [0, 0.1) is 18.6 Å². The van der Waals surface area contributed by atoms with Crippen LogP contribution in [0.4, 0.5) is 8.78 Å². The van der Waals surface area contributed by atoms with Crippen LogP contribution >= 0.6 is 15.9 Å². The van der Waals surface area contributed by atoms with Crippen LogP contribution in [0.5, 0.6) is 5.75 Å². The minimum Gasteiger partial charge on any atom is -0.488 e. The zero-order valence-corrected chi connectivity index (χ0v) is 12.0. The summed E-state index contributed by atoms with van der Waals surface area (Å²) in [6, 6.07) is 9.10. The second kappa shape index (κ2) is 6.15. The highest BCUT2D eigenvalue weighted by molar-refractivity contribution is 9.08. The van der Waals surface area contributed by atoms with E-state index in [1.807, 2.05) is 25.1 Å². The summed E-state index contributed by atoms with van der Waals surface area (Å²) in [5.41, 5.74) is 2.32. The first-order chi connectivity index (χ1) is 9.10. The lowest BCUT2D eigenvalue weighted by Crippen LogP contribution is -2.01. The van der Waals surface area contributed by atoms with Crippen LogP contribution in [0.25, 0.3) is 0 Å². The summed E-state index contributed by atoms with van der Waals surface area (Å²) in [7, 11) is 0. The van der Waals surface area contributed by atoms with Gasteiger partial charge in [-0.3, -0.25) is 0 Å². The number of hydrogen-bond donors (Lipinski definition) is 0. The van der Waals surface area contributed by atoms with Crippen LogP contribution in [0.15, 0.2) is 36.4 Å². The largest absolute Gasteiger partial charge is 0.488 e. The van der Waals surface area contributed by atoms with Crippen molar-refractivity contribution >= 4 is 15.9 Å². The predicted octanol–water partition coefficient (Wildman–Crippen LogP) is 4.75. The van der Waals surface area contributed by atoms with Gasteiger partial charge in [0.05, 0.1) is 0 Å². The summed E-state index contributed by atoms with van der Waals surface area (Å²) in [4.78, 5) is 0. The van der Waals surface area contributed by atoms with Gasteiger partial charge in [0, 0.05) is 16.5 Å². The first-order valence-corrected chi connectivity index (χ1v) is 6.94. The molecule has 0 saturated heterocycles. The fourth-order valence-electron chi connectivity index (χ4n) is 1.76. The van der Waals surface area contributed by atoms with Crippen LogP contribution in [-0.4, -0.2) is 0 Å². The topological polar surface area (TPSA) is 9.23 Å². The molecule has 0 heterocycles. The molecule has 100 valence electrons. The molecule has 0 atom stereocenters. The summed E-state index contributed by atoms with van der Waals surface area (Å²) in [6.07, 6.45) is 0. The third-order valence-electron chi connectivity index (χ3n) is 2.75. The molecule has 1 nitrogen and oxygen atoms in total. The number of aryl methyl sites for hydroxylation is 1. The highest BCUT2D eigenvalue weighted by atomic mass is 79.9. The molecule has 0 saturated carbocycles. The van der Waals surface area contributed by atoms with Gasteiger partial charge in [-0.25, -0.2) is 8.78 Å². The monoisotopic (exact) mass is 326 g/mol. The third kappa shape index (κ3) is 3.53. The van der Waals surface area contributed by atoms with E-state index in [1.54, 1.807) is 0 Å². The maximum Gasteiger partial charge on any atom is 0.130 e. The Morgan fingerprint density at radius 2 is 1.84 bits per heavy atom. The molecule has 0 aliphatic carbocycles. The highest BCUT2D eigenvalue weighted by Crippen LogP contribution is 2.24. The molecular weight excluding hydrogens is 314 g/mol. The Bertz CT molecular complexity index is 584. The molecule has 0 radical (unpaired) electrons. The van der Waals surface area contributed by atoms with Crippen molar-refractivity contribution in [2.24, 2.45) is 0 Å². The molecule has 4 heteroatoms. The van der Waals surface area contributed by atoms with Gasteiger partial charge in [0.25, 0.3) is 0 Å². The Hall–Kier alpha value is -1.42. The van der Waals surface area contributed by atoms with Gasteiger partial charge < -0.3 is 4.74 Å². The molecule has 0 spiro atoms. The molecule has 0 bridgehead atoms. The first kappa shape index (κ1) is 14.0.